The van der Waals surface area contributed by atoms with Gasteiger partial charge < -0.3 is 15.8 Å². The van der Waals surface area contributed by atoms with Gasteiger partial charge in [0.15, 0.2) is 0 Å². The van der Waals surface area contributed by atoms with Crippen LogP contribution in [-0.4, -0.2) is 31.2 Å². The van der Waals surface area contributed by atoms with Crippen molar-refractivity contribution in [2.75, 3.05) is 19.7 Å². The van der Waals surface area contributed by atoms with Crippen LogP contribution in [0.15, 0.2) is 0 Å². The number of carbonyl (C=O) groups is 1. The van der Waals surface area contributed by atoms with E-state index in [9.17, 15) is 4.79 Å². The molecule has 0 aliphatic carbocycles. The van der Waals surface area contributed by atoms with Gasteiger partial charge in [-0.1, -0.05) is 0 Å². The third kappa shape index (κ3) is 2.79. The highest BCUT2D eigenvalue weighted by molar-refractivity contribution is 5.75. The zero-order chi connectivity index (χ0) is 9.03. The summed E-state index contributed by atoms with van der Waals surface area (Å²) >= 11 is 0. The summed E-state index contributed by atoms with van der Waals surface area (Å²) in [5.41, 5.74) is 4.78. The van der Waals surface area contributed by atoms with E-state index in [1.54, 1.807) is 0 Å². The first kappa shape index (κ1) is 9.48. The Morgan fingerprint density at radius 3 is 3.00 bits per heavy atom. The Labute approximate surface area is 72.5 Å². The maximum absolute atomic E-state index is 10.5. The van der Waals surface area contributed by atoms with Crippen LogP contribution in [0.5, 0.6) is 0 Å². The molecular weight excluding hydrogens is 156 g/mol. The highest BCUT2D eigenvalue weighted by Crippen LogP contribution is 2.19. The molecule has 0 aromatic heterocycles. The predicted octanol–water partition coefficient (Wildman–Crippen LogP) is -0.370. The molecule has 1 rings (SSSR count). The van der Waals surface area contributed by atoms with Crippen molar-refractivity contribution < 1.29 is 9.53 Å². The van der Waals surface area contributed by atoms with E-state index < -0.39 is 5.91 Å². The standard InChI is InChI=1S/C8H16N2O2/c1-8(12-5-7(9)11)3-2-4-10-6-8/h10H,2-6H2,1H3,(H2,9,11). The summed E-state index contributed by atoms with van der Waals surface area (Å²) in [5, 5.41) is 3.22. The summed E-state index contributed by atoms with van der Waals surface area (Å²) < 4.78 is 5.39. The number of hydrogen-bond acceptors (Lipinski definition) is 3. The minimum atomic E-state index is -0.401. The number of ether oxygens (including phenoxy) is 1. The van der Waals surface area contributed by atoms with Crippen LogP contribution in [-0.2, 0) is 9.53 Å². The Bertz CT molecular complexity index is 164. The quantitative estimate of drug-likeness (QED) is 0.610. The molecule has 70 valence electrons. The maximum atomic E-state index is 10.5. The number of primary amides is 1. The summed E-state index contributed by atoms with van der Waals surface area (Å²) in [7, 11) is 0. The van der Waals surface area contributed by atoms with E-state index in [2.05, 4.69) is 5.32 Å². The average Bonchev–Trinajstić information content (AvgIpc) is 2.03. The van der Waals surface area contributed by atoms with Gasteiger partial charge >= 0.3 is 0 Å². The molecule has 4 heteroatoms. The van der Waals surface area contributed by atoms with Crippen LogP contribution in [0, 0.1) is 0 Å². The molecule has 1 unspecified atom stereocenters. The number of nitrogens with one attached hydrogen (secondary N) is 1. The van der Waals surface area contributed by atoms with Crippen molar-refractivity contribution >= 4 is 5.91 Å². The molecule has 1 atom stereocenters. The maximum Gasteiger partial charge on any atom is 0.243 e. The highest BCUT2D eigenvalue weighted by atomic mass is 16.5. The van der Waals surface area contributed by atoms with Crippen LogP contribution in [0.2, 0.25) is 0 Å². The Morgan fingerprint density at radius 1 is 1.75 bits per heavy atom. The van der Waals surface area contributed by atoms with Crippen molar-refractivity contribution in [1.29, 1.82) is 0 Å². The van der Waals surface area contributed by atoms with Gasteiger partial charge in [-0.05, 0) is 26.3 Å². The Balaban J connectivity index is 2.31. The highest BCUT2D eigenvalue weighted by Gasteiger charge is 2.27. The molecule has 1 fully saturated rings. The predicted molar refractivity (Wildman–Crippen MR) is 45.7 cm³/mol. The van der Waals surface area contributed by atoms with Crippen molar-refractivity contribution in [3.63, 3.8) is 0 Å². The molecule has 12 heavy (non-hydrogen) atoms. The second-order valence-corrected chi connectivity index (χ2v) is 3.49. The molecule has 0 radical (unpaired) electrons. The van der Waals surface area contributed by atoms with Gasteiger partial charge in [0.2, 0.25) is 5.91 Å². The second kappa shape index (κ2) is 3.87. The summed E-state index contributed by atoms with van der Waals surface area (Å²) in [6.45, 7) is 3.87. The lowest BCUT2D eigenvalue weighted by atomic mass is 9.96. The summed E-state index contributed by atoms with van der Waals surface area (Å²) in [4.78, 5) is 10.5. The van der Waals surface area contributed by atoms with Crippen LogP contribution in [0.3, 0.4) is 0 Å². The largest absolute Gasteiger partial charge is 0.368 e. The molecule has 3 N–H and O–H groups in total. The molecule has 1 aliphatic rings. The summed E-state index contributed by atoms with van der Waals surface area (Å²) in [6, 6.07) is 0. The molecule has 0 spiro atoms. The molecule has 1 aliphatic heterocycles. The lowest BCUT2D eigenvalue weighted by Crippen LogP contribution is -2.46. The smallest absolute Gasteiger partial charge is 0.243 e. The van der Waals surface area contributed by atoms with Crippen molar-refractivity contribution in [2.24, 2.45) is 5.73 Å². The Morgan fingerprint density at radius 2 is 2.50 bits per heavy atom. The molecule has 0 bridgehead atoms. The molecule has 4 nitrogen and oxygen atoms in total. The molecule has 1 saturated heterocycles. The van der Waals surface area contributed by atoms with Crippen LogP contribution in [0.25, 0.3) is 0 Å². The van der Waals surface area contributed by atoms with Crippen molar-refractivity contribution in [3.05, 3.63) is 0 Å². The molecule has 0 aromatic rings. The minimum Gasteiger partial charge on any atom is -0.368 e. The molecule has 0 saturated carbocycles. The van der Waals surface area contributed by atoms with Crippen molar-refractivity contribution in [3.8, 4) is 0 Å². The van der Waals surface area contributed by atoms with Gasteiger partial charge in [0.25, 0.3) is 0 Å². The van der Waals surface area contributed by atoms with E-state index in [-0.39, 0.29) is 12.2 Å². The third-order valence-corrected chi connectivity index (χ3v) is 2.12. The van der Waals surface area contributed by atoms with E-state index in [1.807, 2.05) is 6.92 Å². The fraction of sp³-hybridized carbons (Fsp3) is 0.875. The van der Waals surface area contributed by atoms with Crippen LogP contribution >= 0.6 is 0 Å². The van der Waals surface area contributed by atoms with E-state index in [0.717, 1.165) is 25.9 Å². The fourth-order valence-corrected chi connectivity index (χ4v) is 1.40. The molecule has 0 aromatic carbocycles. The monoisotopic (exact) mass is 172 g/mol. The van der Waals surface area contributed by atoms with Gasteiger partial charge in [-0.15, -0.1) is 0 Å². The lowest BCUT2D eigenvalue weighted by Gasteiger charge is -2.33. The van der Waals surface area contributed by atoms with Gasteiger partial charge in [0.05, 0.1) is 5.60 Å². The van der Waals surface area contributed by atoms with Crippen LogP contribution < -0.4 is 11.1 Å². The van der Waals surface area contributed by atoms with Crippen molar-refractivity contribution in [1.82, 2.24) is 5.32 Å². The van der Waals surface area contributed by atoms with Gasteiger partial charge in [-0.25, -0.2) is 0 Å². The first-order chi connectivity index (χ1) is 5.62. The Hall–Kier alpha value is -0.610. The minimum absolute atomic E-state index is 0.0260. The van der Waals surface area contributed by atoms with Crippen LogP contribution in [0.4, 0.5) is 0 Å². The number of nitrogens with two attached hydrogens (primary N) is 1. The Kier molecular flexibility index (Phi) is 3.05. The van der Waals surface area contributed by atoms with E-state index in [0.29, 0.717) is 0 Å². The van der Waals surface area contributed by atoms with Crippen molar-refractivity contribution in [2.45, 2.75) is 25.4 Å². The van der Waals surface area contributed by atoms with E-state index >= 15 is 0 Å². The molecular formula is C8H16N2O2. The zero-order valence-corrected chi connectivity index (χ0v) is 7.43. The van der Waals surface area contributed by atoms with Gasteiger partial charge in [0.1, 0.15) is 6.61 Å². The van der Waals surface area contributed by atoms with Gasteiger partial charge in [0, 0.05) is 6.54 Å². The normalized spacial score (nSPS) is 30.1. The van der Waals surface area contributed by atoms with Gasteiger partial charge in [-0.3, -0.25) is 4.79 Å². The zero-order valence-electron chi connectivity index (χ0n) is 7.43. The second-order valence-electron chi connectivity index (χ2n) is 3.49. The van der Waals surface area contributed by atoms with Crippen LogP contribution in [0.1, 0.15) is 19.8 Å². The number of piperidine rings is 1. The number of rotatable bonds is 3. The molecule has 1 amide bonds. The average molecular weight is 172 g/mol. The first-order valence-corrected chi connectivity index (χ1v) is 4.25. The number of carbonyl (C=O) groups excluding carboxylic acids is 1. The summed E-state index contributed by atoms with van der Waals surface area (Å²) in [6.07, 6.45) is 2.09. The van der Waals surface area contributed by atoms with E-state index in [4.69, 9.17) is 10.5 Å². The number of hydrogen-bond donors (Lipinski definition) is 2. The lowest BCUT2D eigenvalue weighted by molar-refractivity contribution is -0.130. The third-order valence-electron chi connectivity index (χ3n) is 2.12. The number of amides is 1. The first-order valence-electron chi connectivity index (χ1n) is 4.25. The summed E-state index contributed by atoms with van der Waals surface area (Å²) in [5.74, 6) is -0.401. The fourth-order valence-electron chi connectivity index (χ4n) is 1.40. The molecule has 1 heterocycles. The topological polar surface area (TPSA) is 64.3 Å². The van der Waals surface area contributed by atoms with Gasteiger partial charge in [-0.2, -0.15) is 0 Å². The van der Waals surface area contributed by atoms with E-state index in [1.165, 1.54) is 0 Å². The SMILES string of the molecule is CC1(OCC(N)=O)CCCNC1.